The van der Waals surface area contributed by atoms with E-state index in [9.17, 15) is 4.39 Å². The van der Waals surface area contributed by atoms with E-state index in [1.807, 2.05) is 48.5 Å². The fourth-order valence-corrected chi connectivity index (χ4v) is 4.61. The smallest absolute Gasteiger partial charge is 0.170 e. The van der Waals surface area contributed by atoms with Gasteiger partial charge in [0.05, 0.1) is 11.7 Å². The third-order valence-corrected chi connectivity index (χ3v) is 6.28. The molecule has 5 nitrogen and oxygen atoms in total. The van der Waals surface area contributed by atoms with E-state index in [4.69, 9.17) is 16.6 Å². The van der Waals surface area contributed by atoms with E-state index in [1.54, 1.807) is 18.3 Å². The van der Waals surface area contributed by atoms with Crippen molar-refractivity contribution >= 4 is 23.0 Å². The highest BCUT2D eigenvalue weighted by Crippen LogP contribution is 2.40. The molecule has 2 atom stereocenters. The summed E-state index contributed by atoms with van der Waals surface area (Å²) < 4.78 is 19.7. The Kier molecular flexibility index (Phi) is 6.53. The van der Waals surface area contributed by atoms with Crippen molar-refractivity contribution in [2.45, 2.75) is 18.5 Å². The van der Waals surface area contributed by atoms with Gasteiger partial charge in [0.15, 0.2) is 5.11 Å². The van der Waals surface area contributed by atoms with Gasteiger partial charge < -0.3 is 20.0 Å². The molecule has 2 aromatic heterocycles. The van der Waals surface area contributed by atoms with Gasteiger partial charge in [-0.1, -0.05) is 24.3 Å². The summed E-state index contributed by atoms with van der Waals surface area (Å²) in [5.41, 5.74) is 2.83. The molecule has 0 unspecified atom stereocenters. The Morgan fingerprint density at radius 1 is 0.971 bits per heavy atom. The first-order valence-electron chi connectivity index (χ1n) is 11.3. The van der Waals surface area contributed by atoms with Gasteiger partial charge in [-0.05, 0) is 79.3 Å². The van der Waals surface area contributed by atoms with Crippen LogP contribution in [0.5, 0.6) is 0 Å². The Bertz CT molecular complexity index is 1230. The maximum Gasteiger partial charge on any atom is 0.170 e. The molecule has 0 radical (unpaired) electrons. The molecule has 3 heterocycles. The fourth-order valence-electron chi connectivity index (χ4n) is 4.27. The summed E-state index contributed by atoms with van der Waals surface area (Å²) in [7, 11) is 0. The minimum atomic E-state index is -0.272. The highest BCUT2D eigenvalue weighted by molar-refractivity contribution is 7.80. The Morgan fingerprint density at radius 2 is 1.76 bits per heavy atom. The molecule has 1 saturated heterocycles. The van der Waals surface area contributed by atoms with Gasteiger partial charge in [-0.25, -0.2) is 4.39 Å². The topological polar surface area (TPSA) is 53.3 Å². The lowest BCUT2D eigenvalue weighted by atomic mass is 10.0. The molecule has 1 aliphatic heterocycles. The van der Waals surface area contributed by atoms with Crippen LogP contribution in [-0.4, -0.2) is 28.1 Å². The number of rotatable bonds is 8. The number of furan rings is 1. The zero-order valence-corrected chi connectivity index (χ0v) is 19.3. The third-order valence-electron chi connectivity index (χ3n) is 5.92. The van der Waals surface area contributed by atoms with E-state index in [1.165, 1.54) is 12.1 Å². The molecule has 0 spiro atoms. The van der Waals surface area contributed by atoms with Gasteiger partial charge in [0.1, 0.15) is 23.4 Å². The number of benzene rings is 2. The van der Waals surface area contributed by atoms with E-state index < -0.39 is 0 Å². The molecular formula is C27H25FN4OS. The molecule has 2 aromatic carbocycles. The summed E-state index contributed by atoms with van der Waals surface area (Å²) in [6, 6.07) is 26.0. The molecule has 4 aromatic rings. The van der Waals surface area contributed by atoms with Gasteiger partial charge in [0.25, 0.3) is 0 Å². The average molecular weight is 473 g/mol. The second kappa shape index (κ2) is 10.1. The van der Waals surface area contributed by atoms with E-state index in [0.717, 1.165) is 42.2 Å². The van der Waals surface area contributed by atoms with Crippen molar-refractivity contribution in [3.05, 3.63) is 108 Å². The number of thiocarbonyl (C=S) groups is 1. The van der Waals surface area contributed by atoms with E-state index in [2.05, 4.69) is 32.7 Å². The number of hydrogen-bond donors (Lipinski definition) is 2. The number of hydrogen-bond acceptors (Lipinski definition) is 4. The molecule has 0 bridgehead atoms. The first-order valence-corrected chi connectivity index (χ1v) is 11.7. The van der Waals surface area contributed by atoms with Crippen molar-refractivity contribution in [2.75, 3.05) is 18.4 Å². The molecule has 0 amide bonds. The fraction of sp³-hybridized carbons (Fsp3) is 0.185. The molecule has 172 valence electrons. The van der Waals surface area contributed by atoms with Gasteiger partial charge in [-0.2, -0.15) is 0 Å². The number of aromatic nitrogens is 1. The van der Waals surface area contributed by atoms with Crippen LogP contribution in [0.15, 0.2) is 95.5 Å². The van der Waals surface area contributed by atoms with Crippen molar-refractivity contribution in [2.24, 2.45) is 0 Å². The lowest BCUT2D eigenvalue weighted by Crippen LogP contribution is -2.31. The average Bonchev–Trinajstić information content (AvgIpc) is 3.48. The van der Waals surface area contributed by atoms with Crippen molar-refractivity contribution in [1.29, 1.82) is 0 Å². The summed E-state index contributed by atoms with van der Waals surface area (Å²) in [6.45, 7) is 1.58. The number of halogens is 1. The molecule has 0 aliphatic carbocycles. The van der Waals surface area contributed by atoms with Crippen LogP contribution in [0.1, 0.15) is 30.0 Å². The van der Waals surface area contributed by atoms with E-state index >= 15 is 0 Å². The second-order valence-electron chi connectivity index (χ2n) is 8.18. The van der Waals surface area contributed by atoms with Crippen molar-refractivity contribution < 1.29 is 8.81 Å². The van der Waals surface area contributed by atoms with Gasteiger partial charge in [-0.3, -0.25) is 4.98 Å². The van der Waals surface area contributed by atoms with E-state index in [-0.39, 0.29) is 17.9 Å². The summed E-state index contributed by atoms with van der Waals surface area (Å²) in [4.78, 5) is 6.75. The van der Waals surface area contributed by atoms with Crippen molar-refractivity contribution in [1.82, 2.24) is 15.2 Å². The molecule has 1 fully saturated rings. The zero-order chi connectivity index (χ0) is 23.3. The number of nitrogens with one attached hydrogen (secondary N) is 2. The quantitative estimate of drug-likeness (QED) is 0.244. The van der Waals surface area contributed by atoms with Crippen LogP contribution in [0.25, 0.3) is 11.3 Å². The Balaban J connectivity index is 1.37. The van der Waals surface area contributed by atoms with Crippen LogP contribution in [0.2, 0.25) is 0 Å². The van der Waals surface area contributed by atoms with Gasteiger partial charge >= 0.3 is 0 Å². The first kappa shape index (κ1) is 22.1. The maximum absolute atomic E-state index is 13.4. The van der Waals surface area contributed by atoms with Gasteiger partial charge in [-0.15, -0.1) is 0 Å². The maximum atomic E-state index is 13.4. The predicted octanol–water partition coefficient (Wildman–Crippen LogP) is 5.96. The summed E-state index contributed by atoms with van der Waals surface area (Å²) >= 11 is 5.74. The number of nitrogens with zero attached hydrogens (tertiary/aromatic N) is 2. The number of para-hydroxylation sites is 1. The SMILES string of the molecule is Fc1ccc(-c2ccc([C@@H]3[C@@H](c4ccccn4)NC(=S)N3CCCNc3ccccc3)o2)cc1. The Morgan fingerprint density at radius 3 is 2.53 bits per heavy atom. The molecule has 2 N–H and O–H groups in total. The summed E-state index contributed by atoms with van der Waals surface area (Å²) in [6.07, 6.45) is 2.68. The van der Waals surface area contributed by atoms with Crippen molar-refractivity contribution in [3.8, 4) is 11.3 Å². The largest absolute Gasteiger partial charge is 0.459 e. The zero-order valence-electron chi connectivity index (χ0n) is 18.5. The number of pyridine rings is 1. The molecule has 1 aliphatic rings. The standard InChI is InChI=1S/C27H25FN4OS/c28-20-12-10-19(11-13-20)23-14-15-24(33-23)26-25(22-9-4-5-16-30-22)31-27(34)32(26)18-6-17-29-21-7-2-1-3-8-21/h1-5,7-16,25-26,29H,6,17-18H2,(H,31,34)/t25-,26-/m1/s1. The Labute approximate surface area is 203 Å². The van der Waals surface area contributed by atoms with Crippen LogP contribution in [0.4, 0.5) is 10.1 Å². The van der Waals surface area contributed by atoms with Crippen LogP contribution < -0.4 is 10.6 Å². The minimum Gasteiger partial charge on any atom is -0.459 e. The first-order chi connectivity index (χ1) is 16.7. The molecule has 5 rings (SSSR count). The molecular weight excluding hydrogens is 447 g/mol. The van der Waals surface area contributed by atoms with Crippen molar-refractivity contribution in [3.63, 3.8) is 0 Å². The highest BCUT2D eigenvalue weighted by atomic mass is 32.1. The second-order valence-corrected chi connectivity index (χ2v) is 8.56. The van der Waals surface area contributed by atoms with Crippen LogP contribution in [0.3, 0.4) is 0 Å². The molecule has 0 saturated carbocycles. The van der Waals surface area contributed by atoms with Crippen LogP contribution in [0, 0.1) is 5.82 Å². The lowest BCUT2D eigenvalue weighted by Gasteiger charge is -2.26. The normalized spacial score (nSPS) is 17.6. The monoisotopic (exact) mass is 472 g/mol. The Hall–Kier alpha value is -3.71. The molecule has 7 heteroatoms. The molecule has 34 heavy (non-hydrogen) atoms. The van der Waals surface area contributed by atoms with Crippen LogP contribution in [-0.2, 0) is 0 Å². The van der Waals surface area contributed by atoms with E-state index in [0.29, 0.717) is 10.9 Å². The third kappa shape index (κ3) is 4.79. The lowest BCUT2D eigenvalue weighted by molar-refractivity contribution is 0.274. The van der Waals surface area contributed by atoms with Gasteiger partial charge in [0.2, 0.25) is 0 Å². The minimum absolute atomic E-state index is 0.136. The summed E-state index contributed by atoms with van der Waals surface area (Å²) in [5.74, 6) is 1.21. The van der Waals surface area contributed by atoms with Gasteiger partial charge in [0, 0.05) is 30.5 Å². The number of anilines is 1. The summed E-state index contributed by atoms with van der Waals surface area (Å²) in [5, 5.41) is 7.58. The highest BCUT2D eigenvalue weighted by Gasteiger charge is 2.41. The van der Waals surface area contributed by atoms with Crippen LogP contribution >= 0.6 is 12.2 Å². The predicted molar refractivity (Wildman–Crippen MR) is 136 cm³/mol.